The third kappa shape index (κ3) is 5.80. The summed E-state index contributed by atoms with van der Waals surface area (Å²) in [7, 11) is 1.54. The number of aliphatic hydroxyl groups excluding tert-OH is 1. The van der Waals surface area contributed by atoms with Gasteiger partial charge in [-0.05, 0) is 37.3 Å². The van der Waals surface area contributed by atoms with E-state index in [1.165, 1.54) is 14.0 Å². The molecule has 2 atom stereocenters. The summed E-state index contributed by atoms with van der Waals surface area (Å²) in [5.41, 5.74) is 0.698. The Morgan fingerprint density at radius 1 is 1.31 bits per heavy atom. The number of alkyl halides is 3. The number of halogens is 3. The van der Waals surface area contributed by atoms with Crippen LogP contribution in [0.4, 0.5) is 25.1 Å². The first-order valence-electron chi connectivity index (χ1n) is 8.54. The van der Waals surface area contributed by atoms with Crippen LogP contribution in [0.15, 0.2) is 6.08 Å². The molecule has 0 fully saturated rings. The summed E-state index contributed by atoms with van der Waals surface area (Å²) in [5, 5.41) is 15.0. The van der Waals surface area contributed by atoms with Gasteiger partial charge in [0, 0.05) is 13.7 Å². The molecule has 1 heterocycles. The van der Waals surface area contributed by atoms with Crippen LogP contribution in [0.3, 0.4) is 0 Å². The molecule has 1 aromatic heterocycles. The summed E-state index contributed by atoms with van der Waals surface area (Å²) in [5.74, 6) is 0.269. The number of ether oxygens (including phenoxy) is 1. The molecule has 0 saturated carbocycles. The van der Waals surface area contributed by atoms with Gasteiger partial charge in [-0.3, -0.25) is 0 Å². The molecule has 0 bridgehead atoms. The van der Waals surface area contributed by atoms with Gasteiger partial charge in [-0.2, -0.15) is 28.1 Å². The zero-order chi connectivity index (χ0) is 19.2. The smallest absolute Gasteiger partial charge is 0.389 e. The molecule has 1 aliphatic carbocycles. The van der Waals surface area contributed by atoms with Crippen molar-refractivity contribution in [2.75, 3.05) is 30.9 Å². The monoisotopic (exact) mass is 375 g/mol. The molecule has 0 aromatic carbocycles. The Bertz CT molecular complexity index is 624. The van der Waals surface area contributed by atoms with Gasteiger partial charge in [-0.1, -0.05) is 6.92 Å². The molecule has 0 saturated heterocycles. The molecule has 1 unspecified atom stereocenters. The van der Waals surface area contributed by atoms with E-state index in [-0.39, 0.29) is 24.1 Å². The third-order valence-electron chi connectivity index (χ3n) is 3.96. The van der Waals surface area contributed by atoms with Crippen LogP contribution in [-0.4, -0.2) is 58.6 Å². The summed E-state index contributed by atoms with van der Waals surface area (Å²) in [4.78, 5) is 12.4. The van der Waals surface area contributed by atoms with Gasteiger partial charge in [0.05, 0.1) is 12.7 Å². The highest BCUT2D eigenvalue weighted by Gasteiger charge is 2.38. The number of hydrogen-bond donors (Lipinski definition) is 3. The van der Waals surface area contributed by atoms with Crippen LogP contribution in [0.5, 0.6) is 0 Å². The molecule has 0 radical (unpaired) electrons. The molecule has 10 heteroatoms. The van der Waals surface area contributed by atoms with E-state index < -0.39 is 18.3 Å². The summed E-state index contributed by atoms with van der Waals surface area (Å²) in [6.45, 7) is 2.23. The Hall–Kier alpha value is -1.94. The van der Waals surface area contributed by atoms with Gasteiger partial charge in [0.15, 0.2) is 5.82 Å². The number of nitrogens with zero attached hydrogens (tertiary/aromatic N) is 3. The van der Waals surface area contributed by atoms with Gasteiger partial charge in [0.2, 0.25) is 11.9 Å². The zero-order valence-corrected chi connectivity index (χ0v) is 14.8. The third-order valence-corrected chi connectivity index (χ3v) is 3.96. The predicted octanol–water partition coefficient (Wildman–Crippen LogP) is 2.61. The number of anilines is 2. The van der Waals surface area contributed by atoms with Gasteiger partial charge in [0.1, 0.15) is 6.04 Å². The molecule has 1 aliphatic rings. The quantitative estimate of drug-likeness (QED) is 0.602. The second kappa shape index (κ2) is 9.13. The van der Waals surface area contributed by atoms with Crippen molar-refractivity contribution in [1.29, 1.82) is 0 Å². The van der Waals surface area contributed by atoms with E-state index in [1.807, 2.05) is 0 Å². The number of rotatable bonds is 8. The van der Waals surface area contributed by atoms with Crippen LogP contribution < -0.4 is 10.6 Å². The van der Waals surface area contributed by atoms with Crippen LogP contribution in [-0.2, 0) is 4.74 Å². The van der Waals surface area contributed by atoms with Crippen molar-refractivity contribution in [2.45, 2.75) is 50.9 Å². The highest BCUT2D eigenvalue weighted by atomic mass is 19.4. The average Bonchev–Trinajstić information content (AvgIpc) is 2.59. The second-order valence-electron chi connectivity index (χ2n) is 6.02. The maximum Gasteiger partial charge on any atom is 0.408 e. The molecule has 3 N–H and O–H groups in total. The van der Waals surface area contributed by atoms with E-state index in [0.29, 0.717) is 31.6 Å². The van der Waals surface area contributed by atoms with E-state index in [1.54, 1.807) is 6.08 Å². The lowest BCUT2D eigenvalue weighted by Gasteiger charge is -2.21. The number of nitrogens with one attached hydrogen (secondary N) is 2. The minimum atomic E-state index is -4.41. The molecule has 2 rings (SSSR count). The van der Waals surface area contributed by atoms with E-state index in [0.717, 1.165) is 6.42 Å². The van der Waals surface area contributed by atoms with Crippen molar-refractivity contribution in [2.24, 2.45) is 0 Å². The summed E-state index contributed by atoms with van der Waals surface area (Å²) < 4.78 is 44.1. The summed E-state index contributed by atoms with van der Waals surface area (Å²) >= 11 is 0. The molecule has 1 aromatic rings. The molecule has 26 heavy (non-hydrogen) atoms. The minimum absolute atomic E-state index is 0.153. The van der Waals surface area contributed by atoms with Gasteiger partial charge in [-0.25, -0.2) is 0 Å². The lowest BCUT2D eigenvalue weighted by atomic mass is 9.97. The standard InChI is InChI=1S/C16H24F3N5O2/c1-3-12(16(17,18)19)21-15-23-13(10-5-4-6-11(25)9-10)22-14(24-15)20-7-8-26-2/h9,11-12,25H,3-8H2,1-2H3,(H2,20,21,22,23,24)/t11?,12-/m1/s1. The van der Waals surface area contributed by atoms with Gasteiger partial charge >= 0.3 is 6.18 Å². The van der Waals surface area contributed by atoms with Crippen LogP contribution >= 0.6 is 0 Å². The molecule has 0 spiro atoms. The van der Waals surface area contributed by atoms with Gasteiger partial charge < -0.3 is 20.5 Å². The molecule has 146 valence electrons. The highest BCUT2D eigenvalue weighted by Crippen LogP contribution is 2.28. The lowest BCUT2D eigenvalue weighted by Crippen LogP contribution is -2.36. The Kier molecular flexibility index (Phi) is 7.15. The average molecular weight is 375 g/mol. The zero-order valence-electron chi connectivity index (χ0n) is 14.8. The number of methoxy groups -OCH3 is 1. The van der Waals surface area contributed by atoms with Crippen molar-refractivity contribution in [3.8, 4) is 0 Å². The van der Waals surface area contributed by atoms with Crippen LogP contribution in [0.2, 0.25) is 0 Å². The van der Waals surface area contributed by atoms with E-state index in [4.69, 9.17) is 4.74 Å². The summed E-state index contributed by atoms with van der Waals surface area (Å²) in [6, 6.07) is -1.75. The normalized spacial score (nSPS) is 19.0. The number of aliphatic hydroxyl groups is 1. The molecule has 0 aliphatic heterocycles. The first-order chi connectivity index (χ1) is 12.3. The number of allylic oxidation sites excluding steroid dienone is 1. The van der Waals surface area contributed by atoms with Gasteiger partial charge in [-0.15, -0.1) is 0 Å². The molecule has 7 nitrogen and oxygen atoms in total. The van der Waals surface area contributed by atoms with Crippen LogP contribution in [0.1, 0.15) is 38.4 Å². The molecule has 0 amide bonds. The fourth-order valence-electron chi connectivity index (χ4n) is 2.59. The van der Waals surface area contributed by atoms with Gasteiger partial charge in [0.25, 0.3) is 0 Å². The minimum Gasteiger partial charge on any atom is -0.389 e. The van der Waals surface area contributed by atoms with E-state index in [9.17, 15) is 18.3 Å². The number of aromatic nitrogens is 3. The topological polar surface area (TPSA) is 92.2 Å². The van der Waals surface area contributed by atoms with Crippen molar-refractivity contribution in [3.05, 3.63) is 11.9 Å². The first-order valence-corrected chi connectivity index (χ1v) is 8.54. The Morgan fingerprint density at radius 3 is 2.65 bits per heavy atom. The van der Waals surface area contributed by atoms with Crippen molar-refractivity contribution < 1.29 is 23.0 Å². The predicted molar refractivity (Wildman–Crippen MR) is 91.8 cm³/mol. The largest absolute Gasteiger partial charge is 0.408 e. The number of hydrogen-bond acceptors (Lipinski definition) is 7. The van der Waals surface area contributed by atoms with Crippen molar-refractivity contribution >= 4 is 17.5 Å². The Morgan fingerprint density at radius 2 is 2.04 bits per heavy atom. The van der Waals surface area contributed by atoms with Crippen LogP contribution in [0, 0.1) is 0 Å². The van der Waals surface area contributed by atoms with E-state index >= 15 is 0 Å². The van der Waals surface area contributed by atoms with E-state index in [2.05, 4.69) is 25.6 Å². The molecular formula is C16H24F3N5O2. The highest BCUT2D eigenvalue weighted by molar-refractivity contribution is 5.63. The second-order valence-corrected chi connectivity index (χ2v) is 6.02. The fourth-order valence-corrected chi connectivity index (χ4v) is 2.59. The lowest BCUT2D eigenvalue weighted by molar-refractivity contribution is -0.143. The van der Waals surface area contributed by atoms with Crippen LogP contribution in [0.25, 0.3) is 5.57 Å². The maximum absolute atomic E-state index is 13.1. The SMILES string of the molecule is CC[C@@H](Nc1nc(NCCOC)nc(C2=CC(O)CCC2)n1)C(F)(F)F. The first kappa shape index (κ1) is 20.4. The Labute approximate surface area is 150 Å². The summed E-state index contributed by atoms with van der Waals surface area (Å²) in [6.07, 6.45) is -1.48. The van der Waals surface area contributed by atoms with Crippen molar-refractivity contribution in [3.63, 3.8) is 0 Å². The fraction of sp³-hybridized carbons (Fsp3) is 0.688. The van der Waals surface area contributed by atoms with Crippen molar-refractivity contribution in [1.82, 2.24) is 15.0 Å². The maximum atomic E-state index is 13.1. The molecular weight excluding hydrogens is 351 g/mol. The Balaban J connectivity index is 2.30.